The second-order valence-electron chi connectivity index (χ2n) is 8.34. The molecule has 0 bridgehead atoms. The standard InChI is InChI=1S/C27H25N3O4S/c1-15-10-12-17(13-11-15)21-14-19(18-8-6-7-9-20(18)28-21)24(31)29-25-22(27(33)34-5)16(2)23(35-25)26(32)30(3)4/h6-14H,1-5H3,(H,29,31). The minimum Gasteiger partial charge on any atom is -0.465 e. The lowest BCUT2D eigenvalue weighted by Crippen LogP contribution is -2.21. The number of benzene rings is 2. The molecule has 2 heterocycles. The zero-order chi connectivity index (χ0) is 25.3. The third kappa shape index (κ3) is 4.65. The SMILES string of the molecule is COC(=O)c1c(NC(=O)c2cc(-c3ccc(C)cc3)nc3ccccc23)sc(C(=O)N(C)C)c1C. The molecule has 1 N–H and O–H groups in total. The van der Waals surface area contributed by atoms with Crippen LogP contribution >= 0.6 is 11.3 Å². The predicted octanol–water partition coefficient (Wildman–Crippen LogP) is 5.32. The van der Waals surface area contributed by atoms with E-state index in [9.17, 15) is 14.4 Å². The molecule has 2 amide bonds. The first kappa shape index (κ1) is 24.1. The van der Waals surface area contributed by atoms with Crippen molar-refractivity contribution < 1.29 is 19.1 Å². The van der Waals surface area contributed by atoms with Crippen LogP contribution in [0.5, 0.6) is 0 Å². The monoisotopic (exact) mass is 487 g/mol. The number of esters is 1. The van der Waals surface area contributed by atoms with Gasteiger partial charge in [-0.05, 0) is 31.5 Å². The molecule has 0 saturated heterocycles. The van der Waals surface area contributed by atoms with E-state index in [1.165, 1.54) is 12.0 Å². The molecular formula is C27H25N3O4S. The van der Waals surface area contributed by atoms with E-state index in [0.717, 1.165) is 22.5 Å². The molecule has 4 aromatic rings. The molecule has 0 saturated carbocycles. The summed E-state index contributed by atoms with van der Waals surface area (Å²) in [6.07, 6.45) is 0. The van der Waals surface area contributed by atoms with Gasteiger partial charge in [0.15, 0.2) is 0 Å². The van der Waals surface area contributed by atoms with Crippen LogP contribution < -0.4 is 5.32 Å². The molecule has 35 heavy (non-hydrogen) atoms. The Morgan fingerprint density at radius 1 is 1.00 bits per heavy atom. The lowest BCUT2D eigenvalue weighted by molar-refractivity contribution is 0.0601. The number of carbonyl (C=O) groups excluding carboxylic acids is 3. The first-order valence-corrected chi connectivity index (χ1v) is 11.7. The Balaban J connectivity index is 1.82. The van der Waals surface area contributed by atoms with Crippen LogP contribution in [0.1, 0.15) is 41.5 Å². The van der Waals surface area contributed by atoms with E-state index in [1.807, 2.05) is 55.5 Å². The molecule has 8 heteroatoms. The third-order valence-corrected chi connectivity index (χ3v) is 6.87. The number of methoxy groups -OCH3 is 1. The zero-order valence-electron chi connectivity index (χ0n) is 20.1. The van der Waals surface area contributed by atoms with Gasteiger partial charge in [-0.25, -0.2) is 9.78 Å². The summed E-state index contributed by atoms with van der Waals surface area (Å²) in [7, 11) is 4.53. The summed E-state index contributed by atoms with van der Waals surface area (Å²) >= 11 is 1.06. The van der Waals surface area contributed by atoms with Crippen LogP contribution in [-0.4, -0.2) is 48.9 Å². The van der Waals surface area contributed by atoms with E-state index in [4.69, 9.17) is 9.72 Å². The van der Waals surface area contributed by atoms with Crippen molar-refractivity contribution in [3.63, 3.8) is 0 Å². The highest BCUT2D eigenvalue weighted by molar-refractivity contribution is 7.18. The number of pyridine rings is 1. The van der Waals surface area contributed by atoms with Crippen LogP contribution in [-0.2, 0) is 4.74 Å². The maximum absolute atomic E-state index is 13.6. The van der Waals surface area contributed by atoms with Gasteiger partial charge in [0.05, 0.1) is 34.3 Å². The number of rotatable bonds is 5. The number of aryl methyl sites for hydroxylation is 1. The molecule has 0 fully saturated rings. The minimum absolute atomic E-state index is 0.174. The van der Waals surface area contributed by atoms with Crippen molar-refractivity contribution in [1.29, 1.82) is 0 Å². The van der Waals surface area contributed by atoms with Crippen molar-refractivity contribution in [2.45, 2.75) is 13.8 Å². The Labute approximate surface area is 207 Å². The number of amides is 2. The lowest BCUT2D eigenvalue weighted by Gasteiger charge is -2.11. The van der Waals surface area contributed by atoms with Gasteiger partial charge < -0.3 is 15.0 Å². The third-order valence-electron chi connectivity index (χ3n) is 5.67. The van der Waals surface area contributed by atoms with Gasteiger partial charge in [0, 0.05) is 25.0 Å². The lowest BCUT2D eigenvalue weighted by atomic mass is 10.0. The Bertz CT molecular complexity index is 1460. The fraction of sp³-hybridized carbons (Fsp3) is 0.185. The highest BCUT2D eigenvalue weighted by Gasteiger charge is 2.27. The van der Waals surface area contributed by atoms with Crippen molar-refractivity contribution in [3.8, 4) is 11.3 Å². The van der Waals surface area contributed by atoms with Crippen LogP contribution in [0, 0.1) is 13.8 Å². The molecule has 7 nitrogen and oxygen atoms in total. The van der Waals surface area contributed by atoms with Gasteiger partial charge in [-0.15, -0.1) is 11.3 Å². The van der Waals surface area contributed by atoms with Crippen LogP contribution in [0.3, 0.4) is 0 Å². The Kier molecular flexibility index (Phi) is 6.66. The number of aromatic nitrogens is 1. The molecule has 178 valence electrons. The quantitative estimate of drug-likeness (QED) is 0.385. The maximum atomic E-state index is 13.6. The number of anilines is 1. The number of hydrogen-bond acceptors (Lipinski definition) is 6. The number of thiophene rings is 1. The van der Waals surface area contributed by atoms with E-state index < -0.39 is 11.9 Å². The normalized spacial score (nSPS) is 10.8. The molecular weight excluding hydrogens is 462 g/mol. The highest BCUT2D eigenvalue weighted by atomic mass is 32.1. The molecule has 0 unspecified atom stereocenters. The van der Waals surface area contributed by atoms with Gasteiger partial charge in [0.1, 0.15) is 5.00 Å². The summed E-state index contributed by atoms with van der Waals surface area (Å²) in [5, 5.41) is 3.80. The molecule has 4 rings (SSSR count). The second-order valence-corrected chi connectivity index (χ2v) is 9.36. The van der Waals surface area contributed by atoms with Crippen molar-refractivity contribution >= 4 is 45.0 Å². The first-order chi connectivity index (χ1) is 16.7. The zero-order valence-corrected chi connectivity index (χ0v) is 20.9. The van der Waals surface area contributed by atoms with Crippen molar-refractivity contribution in [2.75, 3.05) is 26.5 Å². The Morgan fingerprint density at radius 3 is 2.34 bits per heavy atom. The predicted molar refractivity (Wildman–Crippen MR) is 138 cm³/mol. The second kappa shape index (κ2) is 9.68. The molecule has 0 radical (unpaired) electrons. The molecule has 0 aliphatic heterocycles. The summed E-state index contributed by atoms with van der Waals surface area (Å²) in [5.74, 6) is -1.28. The maximum Gasteiger partial charge on any atom is 0.341 e. The van der Waals surface area contributed by atoms with Crippen LogP contribution in [0.15, 0.2) is 54.6 Å². The van der Waals surface area contributed by atoms with Crippen LogP contribution in [0.4, 0.5) is 5.00 Å². The number of ether oxygens (including phenoxy) is 1. The molecule has 0 aliphatic rings. The number of nitrogens with one attached hydrogen (secondary N) is 1. The van der Waals surface area contributed by atoms with Gasteiger partial charge in [-0.1, -0.05) is 48.0 Å². The van der Waals surface area contributed by atoms with Gasteiger partial charge in [0.25, 0.3) is 11.8 Å². The van der Waals surface area contributed by atoms with Crippen molar-refractivity contribution in [2.24, 2.45) is 0 Å². The minimum atomic E-state index is -0.619. The van der Waals surface area contributed by atoms with E-state index >= 15 is 0 Å². The van der Waals surface area contributed by atoms with Crippen LogP contribution in [0.2, 0.25) is 0 Å². The number of hydrogen-bond donors (Lipinski definition) is 1. The van der Waals surface area contributed by atoms with Gasteiger partial charge >= 0.3 is 5.97 Å². The summed E-state index contributed by atoms with van der Waals surface area (Å²) in [5.41, 5.74) is 4.40. The molecule has 0 aliphatic carbocycles. The first-order valence-electron chi connectivity index (χ1n) is 10.9. The van der Waals surface area contributed by atoms with Gasteiger partial charge in [0.2, 0.25) is 0 Å². The van der Waals surface area contributed by atoms with Crippen LogP contribution in [0.25, 0.3) is 22.2 Å². The summed E-state index contributed by atoms with van der Waals surface area (Å²) in [4.78, 5) is 45.3. The van der Waals surface area contributed by atoms with Crippen molar-refractivity contribution in [3.05, 3.63) is 81.7 Å². The molecule has 2 aromatic heterocycles. The summed E-state index contributed by atoms with van der Waals surface area (Å²) < 4.78 is 4.94. The summed E-state index contributed by atoms with van der Waals surface area (Å²) in [6.45, 7) is 3.68. The molecule has 2 aromatic carbocycles. The average molecular weight is 488 g/mol. The summed E-state index contributed by atoms with van der Waals surface area (Å²) in [6, 6.07) is 17.1. The Morgan fingerprint density at radius 2 is 1.69 bits per heavy atom. The number of fused-ring (bicyclic) bond motifs is 1. The van der Waals surface area contributed by atoms with E-state index in [1.54, 1.807) is 27.1 Å². The highest BCUT2D eigenvalue weighted by Crippen LogP contribution is 2.35. The average Bonchev–Trinajstić information content (AvgIpc) is 3.17. The largest absolute Gasteiger partial charge is 0.465 e. The number of para-hydroxylation sites is 1. The van der Waals surface area contributed by atoms with E-state index in [-0.39, 0.29) is 16.5 Å². The fourth-order valence-corrected chi connectivity index (χ4v) is 4.97. The van der Waals surface area contributed by atoms with Gasteiger partial charge in [-0.2, -0.15) is 0 Å². The fourth-order valence-electron chi connectivity index (χ4n) is 3.76. The van der Waals surface area contributed by atoms with E-state index in [2.05, 4.69) is 5.32 Å². The topological polar surface area (TPSA) is 88.6 Å². The smallest absolute Gasteiger partial charge is 0.341 e. The Hall–Kier alpha value is -4.04. The molecule has 0 spiro atoms. The molecule has 0 atom stereocenters. The van der Waals surface area contributed by atoms with Crippen molar-refractivity contribution in [1.82, 2.24) is 9.88 Å². The van der Waals surface area contributed by atoms with Gasteiger partial charge in [-0.3, -0.25) is 9.59 Å². The number of carbonyl (C=O) groups is 3. The van der Waals surface area contributed by atoms with E-state index in [0.29, 0.717) is 32.6 Å². The number of nitrogens with zero attached hydrogens (tertiary/aromatic N) is 2.